The van der Waals surface area contributed by atoms with Crippen LogP contribution in [0.5, 0.6) is 0 Å². The van der Waals surface area contributed by atoms with E-state index in [0.717, 1.165) is 0 Å². The van der Waals surface area contributed by atoms with Crippen LogP contribution in [0.4, 0.5) is 13.2 Å². The summed E-state index contributed by atoms with van der Waals surface area (Å²) < 4.78 is 83.5. The normalized spacial score (nSPS) is 19.0. The van der Waals surface area contributed by atoms with Gasteiger partial charge in [0.05, 0.1) is 5.75 Å². The highest BCUT2D eigenvalue weighted by atomic mass is 32.2. The maximum absolute atomic E-state index is 12.5. The van der Waals surface area contributed by atoms with Crippen LogP contribution in [0.3, 0.4) is 0 Å². The van der Waals surface area contributed by atoms with Crippen molar-refractivity contribution in [2.24, 2.45) is 4.99 Å². The Morgan fingerprint density at radius 1 is 1.20 bits per heavy atom. The van der Waals surface area contributed by atoms with E-state index >= 15 is 0 Å². The Kier molecular flexibility index (Phi) is 7.50. The lowest BCUT2D eigenvalue weighted by atomic mass is 10.1. The molecule has 1 rings (SSSR count). The molecule has 25 heavy (non-hydrogen) atoms. The van der Waals surface area contributed by atoms with Crippen LogP contribution in [-0.2, 0) is 19.9 Å². The fourth-order valence-corrected chi connectivity index (χ4v) is 3.93. The van der Waals surface area contributed by atoms with Gasteiger partial charge in [0.15, 0.2) is 15.8 Å². The number of nitrogens with one attached hydrogen (secondary N) is 2. The van der Waals surface area contributed by atoms with Crippen molar-refractivity contribution in [3.63, 3.8) is 0 Å². The SMILES string of the molecule is CCS(=O)(=O)CCNC(=NC)NC1CCN(S(=O)(=O)C(F)(F)F)CC1. The molecule has 0 radical (unpaired) electrons. The third-order valence-corrected chi connectivity index (χ3v) is 7.13. The Morgan fingerprint density at radius 2 is 1.76 bits per heavy atom. The molecule has 0 aliphatic carbocycles. The molecule has 0 aromatic heterocycles. The van der Waals surface area contributed by atoms with Gasteiger partial charge in [-0.2, -0.15) is 17.5 Å². The van der Waals surface area contributed by atoms with E-state index < -0.39 is 25.4 Å². The first-order valence-corrected chi connectivity index (χ1v) is 10.9. The van der Waals surface area contributed by atoms with Gasteiger partial charge in [-0.15, -0.1) is 0 Å². The van der Waals surface area contributed by atoms with Crippen molar-refractivity contribution in [3.8, 4) is 0 Å². The van der Waals surface area contributed by atoms with Crippen LogP contribution in [0.2, 0.25) is 0 Å². The van der Waals surface area contributed by atoms with E-state index in [1.54, 1.807) is 6.92 Å². The molecule has 0 unspecified atom stereocenters. The van der Waals surface area contributed by atoms with Crippen LogP contribution in [0.25, 0.3) is 0 Å². The van der Waals surface area contributed by atoms with Crippen LogP contribution in [0.1, 0.15) is 19.8 Å². The molecule has 1 fully saturated rings. The summed E-state index contributed by atoms with van der Waals surface area (Å²) in [4.78, 5) is 3.92. The Morgan fingerprint density at radius 3 is 2.20 bits per heavy atom. The highest BCUT2D eigenvalue weighted by Gasteiger charge is 2.50. The van der Waals surface area contributed by atoms with Gasteiger partial charge >= 0.3 is 15.5 Å². The number of hydrogen-bond acceptors (Lipinski definition) is 5. The molecule has 0 bridgehead atoms. The van der Waals surface area contributed by atoms with E-state index in [9.17, 15) is 30.0 Å². The van der Waals surface area contributed by atoms with Gasteiger partial charge in [0.25, 0.3) is 0 Å². The smallest absolute Gasteiger partial charge is 0.355 e. The van der Waals surface area contributed by atoms with Crippen LogP contribution in [0.15, 0.2) is 4.99 Å². The monoisotopic (exact) mass is 408 g/mol. The molecule has 0 atom stereocenters. The molecular formula is C12H23F3N4O4S2. The van der Waals surface area contributed by atoms with Crippen molar-refractivity contribution in [3.05, 3.63) is 0 Å². The number of sulfone groups is 1. The van der Waals surface area contributed by atoms with Crippen molar-refractivity contribution < 1.29 is 30.0 Å². The fourth-order valence-electron chi connectivity index (χ4n) is 2.24. The lowest BCUT2D eigenvalue weighted by Crippen LogP contribution is -2.52. The topological polar surface area (TPSA) is 108 Å². The van der Waals surface area contributed by atoms with Crippen LogP contribution in [-0.4, -0.2) is 76.8 Å². The molecule has 0 amide bonds. The fraction of sp³-hybridized carbons (Fsp3) is 0.917. The van der Waals surface area contributed by atoms with Crippen LogP contribution >= 0.6 is 0 Å². The number of nitrogens with zero attached hydrogens (tertiary/aromatic N) is 2. The Bertz CT molecular complexity index is 669. The first-order valence-electron chi connectivity index (χ1n) is 7.67. The van der Waals surface area contributed by atoms with E-state index in [1.165, 1.54) is 7.05 Å². The minimum absolute atomic E-state index is 0.0346. The molecule has 0 aromatic carbocycles. The predicted octanol–water partition coefficient (Wildman–Crippen LogP) is -0.0999. The van der Waals surface area contributed by atoms with Gasteiger partial charge in [0, 0.05) is 38.5 Å². The Labute approximate surface area is 145 Å². The Balaban J connectivity index is 2.50. The van der Waals surface area contributed by atoms with E-state index in [0.29, 0.717) is 10.3 Å². The van der Waals surface area contributed by atoms with Crippen molar-refractivity contribution in [1.82, 2.24) is 14.9 Å². The zero-order chi connectivity index (χ0) is 19.3. The summed E-state index contributed by atoms with van der Waals surface area (Å²) in [5.41, 5.74) is -5.30. The highest BCUT2D eigenvalue weighted by Crippen LogP contribution is 2.28. The number of piperidine rings is 1. The van der Waals surface area contributed by atoms with Gasteiger partial charge in [0.1, 0.15) is 0 Å². The first kappa shape index (κ1) is 22.0. The molecule has 0 aromatic rings. The van der Waals surface area contributed by atoms with Gasteiger partial charge < -0.3 is 10.6 Å². The van der Waals surface area contributed by atoms with E-state index in [4.69, 9.17) is 0 Å². The molecule has 1 heterocycles. The van der Waals surface area contributed by atoms with Gasteiger partial charge in [-0.25, -0.2) is 16.8 Å². The summed E-state index contributed by atoms with van der Waals surface area (Å²) in [5, 5.41) is 5.78. The lowest BCUT2D eigenvalue weighted by molar-refractivity contribution is -0.0494. The van der Waals surface area contributed by atoms with Gasteiger partial charge in [-0.3, -0.25) is 4.99 Å². The molecule has 1 saturated heterocycles. The van der Waals surface area contributed by atoms with Gasteiger partial charge in [-0.05, 0) is 12.8 Å². The first-order chi connectivity index (χ1) is 11.4. The quantitative estimate of drug-likeness (QED) is 0.469. The second-order valence-electron chi connectivity index (χ2n) is 5.50. The van der Waals surface area contributed by atoms with Crippen LogP contribution < -0.4 is 10.6 Å². The number of rotatable bonds is 6. The Hall–Kier alpha value is -1.08. The third kappa shape index (κ3) is 6.29. The summed E-state index contributed by atoms with van der Waals surface area (Å²) in [5.74, 6) is 0.294. The van der Waals surface area contributed by atoms with E-state index in [2.05, 4.69) is 15.6 Å². The van der Waals surface area contributed by atoms with Crippen molar-refractivity contribution >= 4 is 25.8 Å². The summed E-state index contributed by atoms with van der Waals surface area (Å²) in [6, 6.07) is -0.256. The van der Waals surface area contributed by atoms with E-state index in [-0.39, 0.29) is 50.0 Å². The molecule has 2 N–H and O–H groups in total. The molecule has 0 spiro atoms. The number of guanidine groups is 1. The maximum Gasteiger partial charge on any atom is 0.511 e. The number of alkyl halides is 3. The van der Waals surface area contributed by atoms with Crippen molar-refractivity contribution in [2.45, 2.75) is 31.3 Å². The average molecular weight is 408 g/mol. The van der Waals surface area contributed by atoms with Crippen molar-refractivity contribution in [2.75, 3.05) is 38.2 Å². The molecule has 13 heteroatoms. The number of sulfonamides is 1. The maximum atomic E-state index is 12.5. The van der Waals surface area contributed by atoms with Gasteiger partial charge in [-0.1, -0.05) is 6.92 Å². The minimum atomic E-state index is -5.30. The van der Waals surface area contributed by atoms with E-state index in [1.807, 2.05) is 0 Å². The molecule has 1 aliphatic rings. The van der Waals surface area contributed by atoms with Gasteiger partial charge in [0.2, 0.25) is 0 Å². The summed E-state index contributed by atoms with van der Waals surface area (Å²) in [6.07, 6.45) is 0.368. The molecule has 1 aliphatic heterocycles. The molecule has 8 nitrogen and oxygen atoms in total. The zero-order valence-corrected chi connectivity index (χ0v) is 15.6. The highest BCUT2D eigenvalue weighted by molar-refractivity contribution is 7.91. The summed E-state index contributed by atoms with van der Waals surface area (Å²) >= 11 is 0. The van der Waals surface area contributed by atoms with Crippen LogP contribution in [0, 0.1) is 0 Å². The minimum Gasteiger partial charge on any atom is -0.355 e. The second kappa shape index (κ2) is 8.54. The average Bonchev–Trinajstić information content (AvgIpc) is 2.53. The second-order valence-corrected chi connectivity index (χ2v) is 9.91. The molecule has 0 saturated carbocycles. The number of hydrogen-bond donors (Lipinski definition) is 2. The van der Waals surface area contributed by atoms with Crippen molar-refractivity contribution in [1.29, 1.82) is 0 Å². The lowest BCUT2D eigenvalue weighted by Gasteiger charge is -2.32. The summed E-state index contributed by atoms with van der Waals surface area (Å²) in [7, 11) is -6.94. The standard InChI is InChI=1S/C12H23F3N4O4S2/c1-3-24(20,21)9-6-17-11(16-2)18-10-4-7-19(8-5-10)25(22,23)12(13,14)15/h10H,3-9H2,1-2H3,(H2,16,17,18). The largest absolute Gasteiger partial charge is 0.511 e. The predicted molar refractivity (Wildman–Crippen MR) is 88.4 cm³/mol. The molecule has 148 valence electrons. The number of aliphatic imine (C=N–C) groups is 1. The molecular weight excluding hydrogens is 385 g/mol. The number of halogens is 3. The zero-order valence-electron chi connectivity index (χ0n) is 14.0. The third-order valence-electron chi connectivity index (χ3n) is 3.80. The summed E-state index contributed by atoms with van der Waals surface area (Å²) in [6.45, 7) is 1.20.